The van der Waals surface area contributed by atoms with Crippen molar-refractivity contribution in [1.29, 1.82) is 0 Å². The molecular weight excluding hydrogens is 510 g/mol. The minimum Gasteiger partial charge on any atom is -0.494 e. The smallest absolute Gasteiger partial charge is 0.266 e. The van der Waals surface area contributed by atoms with Crippen LogP contribution in [0, 0.1) is 5.92 Å². The van der Waals surface area contributed by atoms with Gasteiger partial charge in [0.25, 0.3) is 5.91 Å². The first kappa shape index (κ1) is 28.1. The lowest BCUT2D eigenvalue weighted by Gasteiger charge is -2.21. The minimum absolute atomic E-state index is 0.00645. The van der Waals surface area contributed by atoms with Crippen LogP contribution in [0.4, 0.5) is 0 Å². The fourth-order valence-electron chi connectivity index (χ4n) is 4.45. The van der Waals surface area contributed by atoms with Crippen LogP contribution in [0.1, 0.15) is 64.9 Å². The molecule has 1 amide bonds. The molecule has 38 heavy (non-hydrogen) atoms. The maximum atomic E-state index is 13.4. The van der Waals surface area contributed by atoms with Gasteiger partial charge in [-0.1, -0.05) is 88.6 Å². The summed E-state index contributed by atoms with van der Waals surface area (Å²) in [6.07, 6.45) is 10.6. The third kappa shape index (κ3) is 6.94. The van der Waals surface area contributed by atoms with E-state index < -0.39 is 0 Å². The molecular formula is C31H37N3O2S2. The van der Waals surface area contributed by atoms with E-state index in [9.17, 15) is 4.79 Å². The van der Waals surface area contributed by atoms with Crippen LogP contribution in [0.3, 0.4) is 0 Å². The van der Waals surface area contributed by atoms with E-state index >= 15 is 0 Å². The summed E-state index contributed by atoms with van der Waals surface area (Å²) in [5, 5.41) is 4.92. The van der Waals surface area contributed by atoms with Crippen molar-refractivity contribution >= 4 is 40.3 Å². The summed E-state index contributed by atoms with van der Waals surface area (Å²) in [6, 6.07) is 18.0. The highest BCUT2D eigenvalue weighted by Crippen LogP contribution is 2.36. The van der Waals surface area contributed by atoms with Gasteiger partial charge in [0.15, 0.2) is 0 Å². The van der Waals surface area contributed by atoms with E-state index in [-0.39, 0.29) is 5.91 Å². The number of amides is 1. The Morgan fingerprint density at radius 3 is 2.45 bits per heavy atom. The van der Waals surface area contributed by atoms with Crippen molar-refractivity contribution < 1.29 is 9.53 Å². The summed E-state index contributed by atoms with van der Waals surface area (Å²) in [5.74, 6) is 1.31. The molecule has 1 aliphatic heterocycles. The molecule has 2 aromatic carbocycles. The molecule has 1 atom stereocenters. The summed E-state index contributed by atoms with van der Waals surface area (Å²) in [4.78, 5) is 15.9. The quantitative estimate of drug-likeness (QED) is 0.123. The highest BCUT2D eigenvalue weighted by Gasteiger charge is 2.33. The number of hydrogen-bond acceptors (Lipinski definition) is 5. The van der Waals surface area contributed by atoms with Gasteiger partial charge in [-0.2, -0.15) is 5.10 Å². The molecule has 0 bridgehead atoms. The van der Waals surface area contributed by atoms with E-state index in [4.69, 9.17) is 22.1 Å². The second kappa shape index (κ2) is 13.8. The Morgan fingerprint density at radius 2 is 1.76 bits per heavy atom. The Hall–Kier alpha value is -2.90. The number of carbonyl (C=O) groups is 1. The number of thioether (sulfide) groups is 1. The largest absolute Gasteiger partial charge is 0.494 e. The number of thiocarbonyl (C=S) groups is 1. The van der Waals surface area contributed by atoms with Crippen molar-refractivity contribution in [1.82, 2.24) is 14.7 Å². The molecule has 4 rings (SSSR count). The fraction of sp³-hybridized carbons (Fsp3) is 0.387. The summed E-state index contributed by atoms with van der Waals surface area (Å²) >= 11 is 7.04. The minimum atomic E-state index is -0.00645. The number of hydrogen-bond donors (Lipinski definition) is 0. The number of para-hydroxylation sites is 1. The zero-order valence-corrected chi connectivity index (χ0v) is 24.2. The maximum absolute atomic E-state index is 13.4. The van der Waals surface area contributed by atoms with Gasteiger partial charge in [-0.05, 0) is 61.2 Å². The Balaban J connectivity index is 1.63. The lowest BCUT2D eigenvalue weighted by atomic mass is 9.99. The van der Waals surface area contributed by atoms with E-state index in [0.717, 1.165) is 60.4 Å². The highest BCUT2D eigenvalue weighted by molar-refractivity contribution is 8.26. The second-order valence-electron chi connectivity index (χ2n) is 9.65. The molecule has 2 heterocycles. The van der Waals surface area contributed by atoms with Gasteiger partial charge in [0.05, 0.1) is 22.9 Å². The Morgan fingerprint density at radius 1 is 1.03 bits per heavy atom. The van der Waals surface area contributed by atoms with Crippen LogP contribution >= 0.6 is 24.0 Å². The van der Waals surface area contributed by atoms with Crippen LogP contribution in [0.2, 0.25) is 0 Å². The first-order valence-corrected chi connectivity index (χ1v) is 14.9. The fourth-order valence-corrected chi connectivity index (χ4v) is 5.71. The number of aromatic nitrogens is 2. The predicted octanol–water partition coefficient (Wildman–Crippen LogP) is 8.14. The lowest BCUT2D eigenvalue weighted by Crippen LogP contribution is -2.33. The number of unbranched alkanes of at least 4 members (excludes halogenated alkanes) is 2. The molecule has 3 aromatic rings. The molecule has 0 unspecified atom stereocenters. The lowest BCUT2D eigenvalue weighted by molar-refractivity contribution is -0.122. The molecule has 0 radical (unpaired) electrons. The third-order valence-electron chi connectivity index (χ3n) is 6.80. The Kier molecular flexibility index (Phi) is 10.2. The zero-order chi connectivity index (χ0) is 26.9. The van der Waals surface area contributed by atoms with Gasteiger partial charge < -0.3 is 4.74 Å². The molecule has 0 spiro atoms. The first-order valence-electron chi connectivity index (χ1n) is 13.7. The molecule has 7 heteroatoms. The van der Waals surface area contributed by atoms with Gasteiger partial charge in [0.1, 0.15) is 10.1 Å². The van der Waals surface area contributed by atoms with Crippen LogP contribution in [0.25, 0.3) is 23.0 Å². The molecule has 0 N–H and O–H groups in total. The number of rotatable bonds is 13. The standard InChI is InChI=1S/C31H37N3O2S2/c1-4-7-12-23(6-3)21-33-30(35)28(38-31(33)37)20-25-22-34(26-13-10-9-11-14-26)32-29(25)24-15-17-27(18-16-24)36-19-8-5-2/h9-11,13-18,20,22-23H,4-8,12,19,21H2,1-3H3/b28-20-/t23-/m1/s1. The van der Waals surface area contributed by atoms with Gasteiger partial charge in [-0.3, -0.25) is 9.69 Å². The number of nitrogens with zero attached hydrogens (tertiary/aromatic N) is 3. The van der Waals surface area contributed by atoms with Crippen LogP contribution in [0.15, 0.2) is 65.7 Å². The van der Waals surface area contributed by atoms with E-state index in [0.29, 0.717) is 28.3 Å². The van der Waals surface area contributed by atoms with Crippen molar-refractivity contribution in [2.75, 3.05) is 13.2 Å². The first-order chi connectivity index (χ1) is 18.5. The second-order valence-corrected chi connectivity index (χ2v) is 11.3. The summed E-state index contributed by atoms with van der Waals surface area (Å²) in [5.41, 5.74) is 3.62. The molecule has 1 aromatic heterocycles. The zero-order valence-electron chi connectivity index (χ0n) is 22.6. The van der Waals surface area contributed by atoms with Crippen molar-refractivity contribution in [3.8, 4) is 22.7 Å². The third-order valence-corrected chi connectivity index (χ3v) is 8.18. The van der Waals surface area contributed by atoms with Gasteiger partial charge in [-0.25, -0.2) is 4.68 Å². The van der Waals surface area contributed by atoms with Crippen molar-refractivity contribution in [2.24, 2.45) is 5.92 Å². The van der Waals surface area contributed by atoms with Crippen LogP contribution in [0.5, 0.6) is 5.75 Å². The SMILES string of the molecule is CCCCOc1ccc(-c2nn(-c3ccccc3)cc2/C=C2\SC(=S)N(C[C@H](CC)CCCC)C2=O)cc1. The summed E-state index contributed by atoms with van der Waals surface area (Å²) in [6.45, 7) is 7.95. The Bertz CT molecular complexity index is 1250. The van der Waals surface area contributed by atoms with Gasteiger partial charge >= 0.3 is 0 Å². The maximum Gasteiger partial charge on any atom is 0.266 e. The molecule has 0 saturated carbocycles. The normalized spacial score (nSPS) is 15.4. The van der Waals surface area contributed by atoms with Crippen molar-refractivity contribution in [3.63, 3.8) is 0 Å². The summed E-state index contributed by atoms with van der Waals surface area (Å²) in [7, 11) is 0. The van der Waals surface area contributed by atoms with E-state index in [1.54, 1.807) is 4.90 Å². The molecule has 200 valence electrons. The van der Waals surface area contributed by atoms with Crippen LogP contribution in [-0.2, 0) is 4.79 Å². The van der Waals surface area contributed by atoms with Gasteiger partial charge in [0, 0.05) is 23.9 Å². The average Bonchev–Trinajstić information content (AvgIpc) is 3.48. The monoisotopic (exact) mass is 547 g/mol. The number of carbonyl (C=O) groups excluding carboxylic acids is 1. The number of ether oxygens (including phenoxy) is 1. The van der Waals surface area contributed by atoms with Crippen LogP contribution in [-0.4, -0.2) is 38.1 Å². The predicted molar refractivity (Wildman–Crippen MR) is 163 cm³/mol. The van der Waals surface area contributed by atoms with Crippen molar-refractivity contribution in [2.45, 2.75) is 59.3 Å². The van der Waals surface area contributed by atoms with Gasteiger partial charge in [0.2, 0.25) is 0 Å². The molecule has 1 saturated heterocycles. The summed E-state index contributed by atoms with van der Waals surface area (Å²) < 4.78 is 8.35. The molecule has 0 aliphatic carbocycles. The van der Waals surface area contributed by atoms with Gasteiger partial charge in [-0.15, -0.1) is 0 Å². The Labute approximate surface area is 236 Å². The van der Waals surface area contributed by atoms with E-state index in [1.807, 2.05) is 71.6 Å². The van der Waals surface area contributed by atoms with E-state index in [1.165, 1.54) is 18.2 Å². The highest BCUT2D eigenvalue weighted by atomic mass is 32.2. The topological polar surface area (TPSA) is 47.4 Å². The molecule has 5 nitrogen and oxygen atoms in total. The van der Waals surface area contributed by atoms with Crippen molar-refractivity contribution in [3.05, 3.63) is 71.3 Å². The number of benzene rings is 2. The van der Waals surface area contributed by atoms with E-state index in [2.05, 4.69) is 20.8 Å². The van der Waals surface area contributed by atoms with Crippen LogP contribution < -0.4 is 4.74 Å². The molecule has 1 fully saturated rings. The average molecular weight is 548 g/mol. The molecule has 1 aliphatic rings.